The Kier molecular flexibility index (Phi) is 6.10. The van der Waals surface area contributed by atoms with E-state index in [-0.39, 0.29) is 6.04 Å². The van der Waals surface area contributed by atoms with Gasteiger partial charge in [0.05, 0.1) is 18.7 Å². The highest BCUT2D eigenvalue weighted by atomic mass is 32.1. The molecule has 1 unspecified atom stereocenters. The van der Waals surface area contributed by atoms with Gasteiger partial charge in [0, 0.05) is 17.8 Å². The predicted octanol–water partition coefficient (Wildman–Crippen LogP) is 5.61. The van der Waals surface area contributed by atoms with Crippen LogP contribution in [0.2, 0.25) is 0 Å². The zero-order valence-electron chi connectivity index (χ0n) is 18.9. The standard InChI is InChI=1S/C27H24N4O2S/c1-18-23(26-29-25(30-33-26)21-13-15-22(32-2)16-14-21)24(20-11-7-4-8-12-20)28-27(34)31(18)17-19-9-5-3-6-10-19/h3-16,24H,17H2,1-2H3,(H,28,34). The molecule has 1 atom stereocenters. The monoisotopic (exact) mass is 468 g/mol. The molecule has 0 spiro atoms. The number of ether oxygens (including phenoxy) is 1. The van der Waals surface area contributed by atoms with E-state index in [1.54, 1.807) is 7.11 Å². The van der Waals surface area contributed by atoms with Crippen LogP contribution in [0.3, 0.4) is 0 Å². The first-order valence-electron chi connectivity index (χ1n) is 11.0. The van der Waals surface area contributed by atoms with E-state index in [4.69, 9.17) is 26.5 Å². The fourth-order valence-electron chi connectivity index (χ4n) is 4.10. The number of hydrogen-bond donors (Lipinski definition) is 1. The zero-order valence-corrected chi connectivity index (χ0v) is 19.8. The molecule has 3 aromatic carbocycles. The maximum atomic E-state index is 5.81. The van der Waals surface area contributed by atoms with Gasteiger partial charge < -0.3 is 19.5 Å². The minimum Gasteiger partial charge on any atom is -0.497 e. The van der Waals surface area contributed by atoms with Gasteiger partial charge in [-0.25, -0.2) is 0 Å². The van der Waals surface area contributed by atoms with Crippen LogP contribution in [0, 0.1) is 0 Å². The molecule has 5 rings (SSSR count). The van der Waals surface area contributed by atoms with Crippen LogP contribution in [0.4, 0.5) is 0 Å². The summed E-state index contributed by atoms with van der Waals surface area (Å²) in [4.78, 5) is 6.85. The summed E-state index contributed by atoms with van der Waals surface area (Å²) >= 11 is 5.79. The lowest BCUT2D eigenvalue weighted by Crippen LogP contribution is -2.45. The van der Waals surface area contributed by atoms with Gasteiger partial charge in [0.15, 0.2) is 5.11 Å². The summed E-state index contributed by atoms with van der Waals surface area (Å²) in [6.07, 6.45) is 0. The fraction of sp³-hybridized carbons (Fsp3) is 0.148. The molecule has 0 amide bonds. The van der Waals surface area contributed by atoms with E-state index in [0.29, 0.717) is 23.4 Å². The van der Waals surface area contributed by atoms with E-state index in [2.05, 4.69) is 46.6 Å². The van der Waals surface area contributed by atoms with Crippen molar-refractivity contribution in [2.45, 2.75) is 19.5 Å². The van der Waals surface area contributed by atoms with Gasteiger partial charge in [-0.1, -0.05) is 65.8 Å². The van der Waals surface area contributed by atoms with E-state index >= 15 is 0 Å². The van der Waals surface area contributed by atoms with Crippen molar-refractivity contribution >= 4 is 22.9 Å². The van der Waals surface area contributed by atoms with Gasteiger partial charge in [-0.2, -0.15) is 4.98 Å². The smallest absolute Gasteiger partial charge is 0.258 e. The van der Waals surface area contributed by atoms with Crippen LogP contribution in [-0.4, -0.2) is 27.3 Å². The molecule has 1 aliphatic rings. The van der Waals surface area contributed by atoms with Crippen molar-refractivity contribution in [1.82, 2.24) is 20.4 Å². The molecule has 34 heavy (non-hydrogen) atoms. The first-order valence-corrected chi connectivity index (χ1v) is 11.4. The van der Waals surface area contributed by atoms with Crippen molar-refractivity contribution < 1.29 is 9.26 Å². The Bertz CT molecular complexity index is 1320. The highest BCUT2D eigenvalue weighted by molar-refractivity contribution is 7.80. The zero-order chi connectivity index (χ0) is 23.5. The summed E-state index contributed by atoms with van der Waals surface area (Å²) in [5.74, 6) is 1.76. The van der Waals surface area contributed by atoms with Crippen LogP contribution in [0.25, 0.3) is 17.0 Å². The van der Waals surface area contributed by atoms with Gasteiger partial charge in [-0.05, 0) is 54.5 Å². The molecule has 170 valence electrons. The molecule has 2 heterocycles. The molecule has 0 saturated carbocycles. The van der Waals surface area contributed by atoms with Crippen LogP contribution in [0.1, 0.15) is 30.0 Å². The normalized spacial score (nSPS) is 15.9. The van der Waals surface area contributed by atoms with Crippen LogP contribution >= 0.6 is 12.2 Å². The number of benzene rings is 3. The molecule has 0 radical (unpaired) electrons. The van der Waals surface area contributed by atoms with Crippen molar-refractivity contribution in [3.63, 3.8) is 0 Å². The number of allylic oxidation sites excluding steroid dienone is 1. The molecule has 0 aliphatic carbocycles. The average Bonchev–Trinajstić information content (AvgIpc) is 3.37. The first-order chi connectivity index (χ1) is 16.6. The van der Waals surface area contributed by atoms with Crippen molar-refractivity contribution in [2.75, 3.05) is 7.11 Å². The second-order valence-electron chi connectivity index (χ2n) is 8.02. The summed E-state index contributed by atoms with van der Waals surface area (Å²) < 4.78 is 11.1. The first kappa shape index (κ1) is 21.9. The van der Waals surface area contributed by atoms with Gasteiger partial charge in [-0.15, -0.1) is 0 Å². The number of hydrogen-bond acceptors (Lipinski definition) is 5. The molecule has 0 bridgehead atoms. The van der Waals surface area contributed by atoms with Crippen molar-refractivity contribution in [3.05, 3.63) is 108 Å². The summed E-state index contributed by atoms with van der Waals surface area (Å²) in [7, 11) is 1.64. The Labute approximate surface area is 203 Å². The van der Waals surface area contributed by atoms with Gasteiger partial charge in [0.1, 0.15) is 5.75 Å². The third-order valence-corrected chi connectivity index (χ3v) is 6.26. The van der Waals surface area contributed by atoms with Gasteiger partial charge in [-0.3, -0.25) is 0 Å². The third kappa shape index (κ3) is 4.30. The Balaban J connectivity index is 1.57. The van der Waals surface area contributed by atoms with E-state index in [9.17, 15) is 0 Å². The lowest BCUT2D eigenvalue weighted by molar-refractivity contribution is 0.396. The lowest BCUT2D eigenvalue weighted by atomic mass is 9.94. The van der Waals surface area contributed by atoms with Crippen LogP contribution < -0.4 is 10.1 Å². The lowest BCUT2D eigenvalue weighted by Gasteiger charge is -2.37. The molecular formula is C27H24N4O2S. The topological polar surface area (TPSA) is 63.4 Å². The number of nitrogens with zero attached hydrogens (tertiary/aromatic N) is 3. The predicted molar refractivity (Wildman–Crippen MR) is 136 cm³/mol. The van der Waals surface area contributed by atoms with Gasteiger partial charge in [0.25, 0.3) is 5.89 Å². The van der Waals surface area contributed by atoms with Crippen LogP contribution in [0.5, 0.6) is 5.75 Å². The number of rotatable bonds is 6. The SMILES string of the molecule is COc1ccc(-c2noc(C3=C(C)N(Cc4ccccc4)C(=S)NC3c3ccccc3)n2)cc1. The Morgan fingerprint density at radius 3 is 2.32 bits per heavy atom. The molecule has 4 aromatic rings. The molecule has 1 N–H and O–H groups in total. The maximum absolute atomic E-state index is 5.81. The van der Waals surface area contributed by atoms with E-state index in [0.717, 1.165) is 33.7 Å². The Morgan fingerprint density at radius 1 is 0.971 bits per heavy atom. The number of aromatic nitrogens is 2. The van der Waals surface area contributed by atoms with E-state index in [1.165, 1.54) is 0 Å². The highest BCUT2D eigenvalue weighted by Crippen LogP contribution is 2.38. The molecule has 1 aliphatic heterocycles. The van der Waals surface area contributed by atoms with Crippen molar-refractivity contribution in [2.24, 2.45) is 0 Å². The summed E-state index contributed by atoms with van der Waals surface area (Å²) in [6, 6.07) is 27.8. The van der Waals surface area contributed by atoms with Crippen LogP contribution in [-0.2, 0) is 6.54 Å². The largest absolute Gasteiger partial charge is 0.497 e. The minimum absolute atomic E-state index is 0.204. The molecule has 0 fully saturated rings. The average molecular weight is 469 g/mol. The van der Waals surface area contributed by atoms with Gasteiger partial charge in [0.2, 0.25) is 5.82 Å². The number of nitrogens with one attached hydrogen (secondary N) is 1. The summed E-state index contributed by atoms with van der Waals surface area (Å²) in [6.45, 7) is 2.70. The second kappa shape index (κ2) is 9.49. The molecule has 6 nitrogen and oxygen atoms in total. The summed E-state index contributed by atoms with van der Waals surface area (Å²) in [5.41, 5.74) is 4.97. The molecule has 1 aromatic heterocycles. The Morgan fingerprint density at radius 2 is 1.65 bits per heavy atom. The minimum atomic E-state index is -0.204. The second-order valence-corrected chi connectivity index (χ2v) is 8.40. The van der Waals surface area contributed by atoms with E-state index < -0.39 is 0 Å². The molecule has 0 saturated heterocycles. The quantitative estimate of drug-likeness (QED) is 0.369. The highest BCUT2D eigenvalue weighted by Gasteiger charge is 2.34. The molecule has 7 heteroatoms. The van der Waals surface area contributed by atoms with Crippen molar-refractivity contribution in [1.29, 1.82) is 0 Å². The van der Waals surface area contributed by atoms with Gasteiger partial charge >= 0.3 is 0 Å². The van der Waals surface area contributed by atoms with Crippen LogP contribution in [0.15, 0.2) is 95.1 Å². The fourth-order valence-corrected chi connectivity index (χ4v) is 4.42. The summed E-state index contributed by atoms with van der Waals surface area (Å²) in [5, 5.41) is 8.43. The molecular weight excluding hydrogens is 444 g/mol. The number of methoxy groups -OCH3 is 1. The Hall–Kier alpha value is -3.97. The van der Waals surface area contributed by atoms with Crippen molar-refractivity contribution in [3.8, 4) is 17.1 Å². The maximum Gasteiger partial charge on any atom is 0.258 e. The third-order valence-electron chi connectivity index (χ3n) is 5.92. The van der Waals surface area contributed by atoms with E-state index in [1.807, 2.05) is 60.7 Å². The number of thiocarbonyl (C=S) groups is 1.